The van der Waals surface area contributed by atoms with E-state index in [4.69, 9.17) is 5.73 Å². The Morgan fingerprint density at radius 3 is 2.17 bits per heavy atom. The van der Waals surface area contributed by atoms with Crippen LogP contribution in [0, 0.1) is 0 Å². The maximum absolute atomic E-state index is 12.2. The summed E-state index contributed by atoms with van der Waals surface area (Å²) in [5.41, 5.74) is 6.98. The Balaban J connectivity index is 1.75. The summed E-state index contributed by atoms with van der Waals surface area (Å²) in [6.45, 7) is 1.01. The van der Waals surface area contributed by atoms with Crippen LogP contribution in [-0.4, -0.2) is 73.4 Å². The predicted molar refractivity (Wildman–Crippen MR) is 103 cm³/mol. The highest BCUT2D eigenvalue weighted by atomic mass is 16.4. The number of carbonyl (C=O) groups is 4. The van der Waals surface area contributed by atoms with E-state index in [0.717, 1.165) is 0 Å². The van der Waals surface area contributed by atoms with E-state index >= 15 is 0 Å². The number of hydrogen-bond donors (Lipinski definition) is 7. The molecule has 0 saturated heterocycles. The Hall–Kier alpha value is -3.74. The van der Waals surface area contributed by atoms with Gasteiger partial charge < -0.3 is 36.8 Å². The van der Waals surface area contributed by atoms with Crippen molar-refractivity contribution >= 4 is 23.7 Å². The third-order valence-electron chi connectivity index (χ3n) is 4.12. The summed E-state index contributed by atoms with van der Waals surface area (Å²) in [4.78, 5) is 60.7. The average Bonchev–Trinajstić information content (AvgIpc) is 3.39. The molecule has 0 fully saturated rings. The molecule has 2 aromatic heterocycles. The van der Waals surface area contributed by atoms with Crippen molar-refractivity contribution in [2.45, 2.75) is 37.9 Å². The number of imidazole rings is 2. The van der Waals surface area contributed by atoms with Crippen molar-refractivity contribution in [3.05, 3.63) is 36.4 Å². The van der Waals surface area contributed by atoms with Crippen molar-refractivity contribution in [3.8, 4) is 0 Å². The fourth-order valence-electron chi connectivity index (χ4n) is 2.50. The molecular formula is C17H24N8O5. The molecule has 13 nitrogen and oxygen atoms in total. The van der Waals surface area contributed by atoms with E-state index < -0.39 is 41.8 Å². The van der Waals surface area contributed by atoms with Crippen molar-refractivity contribution in [2.24, 2.45) is 5.73 Å². The first-order valence-corrected chi connectivity index (χ1v) is 9.06. The predicted octanol–water partition coefficient (Wildman–Crippen LogP) is -2.56. The summed E-state index contributed by atoms with van der Waals surface area (Å²) < 4.78 is 0. The Labute approximate surface area is 171 Å². The summed E-state index contributed by atoms with van der Waals surface area (Å²) in [7, 11) is 0. The number of nitrogens with two attached hydrogens (primary N) is 1. The van der Waals surface area contributed by atoms with Crippen molar-refractivity contribution in [3.63, 3.8) is 0 Å². The van der Waals surface area contributed by atoms with Crippen molar-refractivity contribution in [2.75, 3.05) is 6.54 Å². The fraction of sp³-hybridized carbons (Fsp3) is 0.412. The number of rotatable bonds is 11. The molecule has 3 unspecified atom stereocenters. The topological polar surface area (TPSA) is 208 Å². The first-order valence-electron chi connectivity index (χ1n) is 9.06. The summed E-state index contributed by atoms with van der Waals surface area (Å²) >= 11 is 0. The lowest BCUT2D eigenvalue weighted by Gasteiger charge is -2.18. The number of carboxylic acids is 1. The average molecular weight is 420 g/mol. The van der Waals surface area contributed by atoms with Gasteiger partial charge in [-0.2, -0.15) is 0 Å². The standard InChI is InChI=1S/C17H24N8O5/c1-9(15(27)25-13(17(29)30)3-11-5-20-8-23-11)24-14(26)6-21-16(28)12(18)2-10-4-19-7-22-10/h4-5,7-9,12-13H,2-3,6,18H2,1H3,(H,19,22)(H,20,23)(H,21,28)(H,24,26)(H,25,27)(H,29,30). The normalized spacial score (nSPS) is 13.7. The number of amides is 3. The minimum atomic E-state index is -1.23. The minimum Gasteiger partial charge on any atom is -0.480 e. The number of aromatic nitrogens is 4. The molecule has 30 heavy (non-hydrogen) atoms. The zero-order chi connectivity index (χ0) is 22.1. The maximum atomic E-state index is 12.2. The molecule has 0 bridgehead atoms. The molecule has 0 radical (unpaired) electrons. The first kappa shape index (κ1) is 22.5. The Morgan fingerprint density at radius 1 is 1.03 bits per heavy atom. The number of aromatic amines is 2. The zero-order valence-corrected chi connectivity index (χ0v) is 16.2. The summed E-state index contributed by atoms with van der Waals surface area (Å²) in [5, 5.41) is 16.4. The number of nitrogens with zero attached hydrogens (tertiary/aromatic N) is 2. The highest BCUT2D eigenvalue weighted by Crippen LogP contribution is 2.00. The molecule has 3 amide bonds. The molecule has 162 valence electrons. The lowest BCUT2D eigenvalue weighted by molar-refractivity contribution is -0.142. The van der Waals surface area contributed by atoms with Gasteiger partial charge in [-0.15, -0.1) is 0 Å². The van der Waals surface area contributed by atoms with Gasteiger partial charge in [-0.3, -0.25) is 14.4 Å². The van der Waals surface area contributed by atoms with Crippen LogP contribution >= 0.6 is 0 Å². The van der Waals surface area contributed by atoms with Gasteiger partial charge in [0, 0.05) is 36.6 Å². The third kappa shape index (κ3) is 7.01. The summed E-state index contributed by atoms with van der Waals surface area (Å²) in [6, 6.07) is -3.09. The molecule has 13 heteroatoms. The van der Waals surface area contributed by atoms with Crippen LogP contribution in [0.5, 0.6) is 0 Å². The van der Waals surface area contributed by atoms with Crippen LogP contribution in [0.25, 0.3) is 0 Å². The second kappa shape index (κ2) is 10.7. The van der Waals surface area contributed by atoms with E-state index in [1.807, 2.05) is 0 Å². The molecule has 0 aliphatic carbocycles. The quantitative estimate of drug-likeness (QED) is 0.205. The van der Waals surface area contributed by atoms with E-state index in [9.17, 15) is 24.3 Å². The van der Waals surface area contributed by atoms with Crippen LogP contribution in [0.2, 0.25) is 0 Å². The SMILES string of the molecule is CC(NC(=O)CNC(=O)C(N)Cc1cnc[nH]1)C(=O)NC(Cc1cnc[nH]1)C(=O)O. The van der Waals surface area contributed by atoms with Crippen molar-refractivity contribution in [1.82, 2.24) is 35.9 Å². The van der Waals surface area contributed by atoms with Crippen LogP contribution < -0.4 is 21.7 Å². The van der Waals surface area contributed by atoms with Crippen LogP contribution in [0.15, 0.2) is 25.0 Å². The lowest BCUT2D eigenvalue weighted by atomic mass is 10.1. The van der Waals surface area contributed by atoms with Gasteiger partial charge in [0.15, 0.2) is 0 Å². The largest absolute Gasteiger partial charge is 0.480 e. The van der Waals surface area contributed by atoms with Crippen LogP contribution in [0.3, 0.4) is 0 Å². The monoisotopic (exact) mass is 420 g/mol. The second-order valence-corrected chi connectivity index (χ2v) is 6.57. The Kier molecular flexibility index (Phi) is 8.05. The highest BCUT2D eigenvalue weighted by molar-refractivity contribution is 5.92. The van der Waals surface area contributed by atoms with E-state index in [0.29, 0.717) is 11.4 Å². The van der Waals surface area contributed by atoms with E-state index in [1.54, 1.807) is 0 Å². The fourth-order valence-corrected chi connectivity index (χ4v) is 2.50. The number of nitrogens with one attached hydrogen (secondary N) is 5. The zero-order valence-electron chi connectivity index (χ0n) is 16.2. The Bertz CT molecular complexity index is 852. The van der Waals surface area contributed by atoms with Gasteiger partial charge in [0.25, 0.3) is 0 Å². The van der Waals surface area contributed by atoms with Crippen LogP contribution in [0.4, 0.5) is 0 Å². The number of carbonyl (C=O) groups excluding carboxylic acids is 3. The Morgan fingerprint density at radius 2 is 1.63 bits per heavy atom. The van der Waals surface area contributed by atoms with Gasteiger partial charge in [0.1, 0.15) is 12.1 Å². The summed E-state index contributed by atoms with van der Waals surface area (Å²) in [5.74, 6) is -3.07. The molecule has 0 aliphatic heterocycles. The second-order valence-electron chi connectivity index (χ2n) is 6.57. The molecule has 2 aromatic rings. The van der Waals surface area contributed by atoms with Gasteiger partial charge >= 0.3 is 5.97 Å². The van der Waals surface area contributed by atoms with Crippen LogP contribution in [-0.2, 0) is 32.0 Å². The van der Waals surface area contributed by atoms with Crippen LogP contribution in [0.1, 0.15) is 18.3 Å². The molecule has 8 N–H and O–H groups in total. The van der Waals surface area contributed by atoms with Gasteiger partial charge in [-0.1, -0.05) is 0 Å². The van der Waals surface area contributed by atoms with Gasteiger partial charge in [0.05, 0.1) is 25.2 Å². The number of hydrogen-bond acceptors (Lipinski definition) is 7. The van der Waals surface area contributed by atoms with Gasteiger partial charge in [-0.25, -0.2) is 14.8 Å². The van der Waals surface area contributed by atoms with E-state index in [2.05, 4.69) is 35.9 Å². The molecule has 0 saturated carbocycles. The van der Waals surface area contributed by atoms with Crippen molar-refractivity contribution in [1.29, 1.82) is 0 Å². The molecule has 0 aliphatic rings. The maximum Gasteiger partial charge on any atom is 0.326 e. The lowest BCUT2D eigenvalue weighted by Crippen LogP contribution is -2.53. The number of H-pyrrole nitrogens is 2. The van der Waals surface area contributed by atoms with E-state index in [-0.39, 0.29) is 19.4 Å². The summed E-state index contributed by atoms with van der Waals surface area (Å²) in [6.07, 6.45) is 6.08. The third-order valence-corrected chi connectivity index (χ3v) is 4.12. The number of aliphatic carboxylic acids is 1. The minimum absolute atomic E-state index is 0.00597. The molecule has 3 atom stereocenters. The first-order chi connectivity index (χ1) is 14.3. The number of carboxylic acid groups (broad SMARTS) is 1. The molecule has 2 heterocycles. The molecule has 0 spiro atoms. The smallest absolute Gasteiger partial charge is 0.326 e. The highest BCUT2D eigenvalue weighted by Gasteiger charge is 2.25. The van der Waals surface area contributed by atoms with E-state index in [1.165, 1.54) is 32.0 Å². The molecular weight excluding hydrogens is 396 g/mol. The van der Waals surface area contributed by atoms with Gasteiger partial charge in [-0.05, 0) is 6.92 Å². The van der Waals surface area contributed by atoms with Gasteiger partial charge in [0.2, 0.25) is 17.7 Å². The van der Waals surface area contributed by atoms with Crippen molar-refractivity contribution < 1.29 is 24.3 Å². The molecule has 2 rings (SSSR count). The molecule has 0 aromatic carbocycles.